The van der Waals surface area contributed by atoms with E-state index in [1.807, 2.05) is 13.8 Å². The molecule has 1 N–H and O–H groups in total. The molecule has 0 amide bonds. The highest BCUT2D eigenvalue weighted by molar-refractivity contribution is 8.00. The third kappa shape index (κ3) is 25.0. The quantitative estimate of drug-likeness (QED) is 0.0125. The van der Waals surface area contributed by atoms with E-state index in [0.717, 1.165) is 67.9 Å². The molecule has 5 aliphatic rings. The summed E-state index contributed by atoms with van der Waals surface area (Å²) in [5.74, 6) is 9.07. The minimum atomic E-state index is -0.911. The molecular weight excluding hydrogens is 1780 g/mol. The summed E-state index contributed by atoms with van der Waals surface area (Å²) < 4.78 is 89.1. The molecule has 4 aliphatic heterocycles. The number of ether oxygens (including phenoxy) is 8. The Bertz CT molecular complexity index is 5120. The highest BCUT2D eigenvalue weighted by Crippen LogP contribution is 2.58. The molecule has 21 nitrogen and oxygen atoms in total. The maximum atomic E-state index is 17.0. The monoisotopic (exact) mass is 1930 g/mol. The summed E-state index contributed by atoms with van der Waals surface area (Å²) in [5.41, 5.74) is 1.85. The number of amidine groups is 2. The van der Waals surface area contributed by atoms with Gasteiger partial charge in [0.15, 0.2) is 28.9 Å². The van der Waals surface area contributed by atoms with Crippen LogP contribution in [0.15, 0.2) is 61.9 Å². The predicted molar refractivity (Wildman–Crippen MR) is 537 cm³/mol. The maximum Gasteiger partial charge on any atom is 0.287 e. The van der Waals surface area contributed by atoms with Crippen molar-refractivity contribution in [1.29, 1.82) is 0 Å². The SMILES string of the molecule is CCN(CC)CCSc1c(Cl)c(OCCC(C)C)c2c(c1OCCC(C)C)c1n3o[n+]4c(c5c(OCCC(C)C)c(SCC[N+](C)(CC)CC)c(Cl)c(OCCC(C)C)c5c-4nc23)N=c2[nH]c(c3c(OCCC(C)C)c(SCC[N+](C)(CC)CC)c(Cl)c(OCCC(C)C)c23)=NC2=NC(=N1)C1=C(OCCC(C)C)C(SCC[N+](F)(CC)CC)C(Cl)C(OCCC(C)C)=C21. The van der Waals surface area contributed by atoms with Gasteiger partial charge in [0.05, 0.1) is 153 Å². The van der Waals surface area contributed by atoms with Gasteiger partial charge in [-0.1, -0.05) is 164 Å². The van der Waals surface area contributed by atoms with Crippen molar-refractivity contribution in [1.82, 2.24) is 19.4 Å². The van der Waals surface area contributed by atoms with Gasteiger partial charge in [-0.2, -0.15) is 9.62 Å². The van der Waals surface area contributed by atoms with Crippen molar-refractivity contribution < 1.29 is 65.4 Å². The van der Waals surface area contributed by atoms with Crippen LogP contribution >= 0.6 is 93.5 Å². The van der Waals surface area contributed by atoms with E-state index in [-0.39, 0.29) is 94.1 Å². The van der Waals surface area contributed by atoms with Crippen molar-refractivity contribution in [3.05, 3.63) is 48.7 Å². The Labute approximate surface area is 801 Å². The summed E-state index contributed by atoms with van der Waals surface area (Å²) in [6.07, 6.45) is 5.58. The number of aliphatic imine (C=N–C) groups is 2. The lowest BCUT2D eigenvalue weighted by Gasteiger charge is -2.33. The molecule has 3 aromatic carbocycles. The lowest BCUT2D eigenvalue weighted by Crippen LogP contribution is -2.45. The zero-order valence-corrected chi connectivity index (χ0v) is 88.3. The molecule has 0 fully saturated rings. The van der Waals surface area contributed by atoms with Gasteiger partial charge in [-0.25, -0.2) is 9.98 Å². The molecule has 30 heteroatoms. The topological polar surface area (TPSA) is 177 Å². The fourth-order valence-electron chi connectivity index (χ4n) is 15.3. The van der Waals surface area contributed by atoms with Gasteiger partial charge >= 0.3 is 0 Å². The molecule has 0 saturated heterocycles. The standard InChI is InChI=1S/C98H152Cl4FN12O9S4/c1-27-110(28-2)43-55-125-89-77(101)81(118-49-37-61(13)14)71-73(85(89)122-53-41-65(21)22)96-108-94-70-67(79(116-47-35-59(9)10)75(99)88(84(70)121-52-40-64(19)20)128-58-46-115(103,33-7)34-8)91(105-94)104-92-69-68(80(117-48-36-60(11)12)76(100)87(83(69)120-51-39-63(17)18)126-56-44-113(25,29-3)30-4)93(106-92)107-95-74-72(98-109-97(71)112(96)124-111(95)98)82(119-50-38-62(15)16)78(102)90(86(74)123-54-42-66(23)24)127-57-45-114(26,31-5)32-6/h59-66,75,88H,27-58H2,1-26H3/q+3/p+1. The van der Waals surface area contributed by atoms with Gasteiger partial charge in [-0.05, 0) is 167 Å². The first-order valence-electron chi connectivity index (χ1n) is 47.9. The van der Waals surface area contributed by atoms with Crippen LogP contribution in [0.5, 0.6) is 34.5 Å². The number of hydrogen-bond acceptors (Lipinski definition) is 19. The molecule has 0 spiro atoms. The van der Waals surface area contributed by atoms with Crippen molar-refractivity contribution in [3.63, 3.8) is 0 Å². The average Bonchev–Trinajstić information content (AvgIpc) is 1.53. The van der Waals surface area contributed by atoms with E-state index < -0.39 is 15.3 Å². The van der Waals surface area contributed by atoms with E-state index in [1.54, 1.807) is 56.4 Å². The van der Waals surface area contributed by atoms with E-state index in [4.69, 9.17) is 114 Å². The fourth-order valence-corrected chi connectivity index (χ4v) is 21.9. The number of aromatic nitrogens is 4. The Balaban J connectivity index is 1.60. The number of nitrogens with zero attached hydrogens (tertiary/aromatic N) is 11. The Morgan fingerprint density at radius 2 is 0.812 bits per heavy atom. The molecule has 6 heterocycles. The number of hydrogen-bond donors (Lipinski definition) is 1. The molecule has 714 valence electrons. The number of fused-ring (bicyclic) bond motifs is 15. The smallest absolute Gasteiger partial charge is 0.287 e. The van der Waals surface area contributed by atoms with E-state index in [0.29, 0.717) is 265 Å². The highest BCUT2D eigenvalue weighted by atomic mass is 35.5. The number of nitrogens with one attached hydrogen (secondary N) is 1. The zero-order chi connectivity index (χ0) is 93.4. The van der Waals surface area contributed by atoms with Crippen LogP contribution in [0.4, 0.5) is 16.1 Å². The predicted octanol–water partition coefficient (Wildman–Crippen LogP) is 24.7. The van der Waals surface area contributed by atoms with Gasteiger partial charge in [0.2, 0.25) is 11.3 Å². The van der Waals surface area contributed by atoms with E-state index in [9.17, 15) is 0 Å². The molecule has 2 atom stereocenters. The third-order valence-electron chi connectivity index (χ3n) is 25.3. The van der Waals surface area contributed by atoms with Gasteiger partial charge in [0.1, 0.15) is 90.5 Å². The minimum Gasteiger partial charge on any atom is -0.496 e. The molecule has 6 bridgehead atoms. The molecule has 1 aliphatic carbocycles. The summed E-state index contributed by atoms with van der Waals surface area (Å²) in [7, 11) is 4.61. The molecule has 2 aromatic heterocycles. The van der Waals surface area contributed by atoms with Crippen molar-refractivity contribution in [2.75, 3.05) is 168 Å². The number of aromatic amines is 1. The van der Waals surface area contributed by atoms with E-state index >= 15 is 4.48 Å². The molecule has 128 heavy (non-hydrogen) atoms. The largest absolute Gasteiger partial charge is 0.496 e. The fraction of sp³-hybridized carbons (Fsp3) is 0.694. The van der Waals surface area contributed by atoms with Gasteiger partial charge in [-0.3, -0.25) is 0 Å². The Kier molecular flexibility index (Phi) is 39.4. The van der Waals surface area contributed by atoms with Crippen LogP contribution in [0.25, 0.3) is 43.8 Å². The first-order valence-corrected chi connectivity index (χ1v) is 53.5. The van der Waals surface area contributed by atoms with Gasteiger partial charge < -0.3 is 56.7 Å². The number of rotatable bonds is 56. The Morgan fingerprint density at radius 3 is 1.25 bits per heavy atom. The number of halogens is 5. The highest BCUT2D eigenvalue weighted by Gasteiger charge is 2.49. The van der Waals surface area contributed by atoms with Crippen LogP contribution in [-0.2, 0) is 9.47 Å². The van der Waals surface area contributed by atoms with Crippen molar-refractivity contribution >= 4 is 155 Å². The number of H-pyrrole nitrogens is 1. The Hall–Kier alpha value is -4.97. The summed E-state index contributed by atoms with van der Waals surface area (Å²) in [4.78, 5) is 38.7. The zero-order valence-electron chi connectivity index (χ0n) is 82.0. The van der Waals surface area contributed by atoms with Crippen LogP contribution in [0.1, 0.15) is 218 Å². The molecule has 2 unspecified atom stereocenters. The van der Waals surface area contributed by atoms with Crippen LogP contribution < -0.4 is 44.1 Å². The van der Waals surface area contributed by atoms with Crippen LogP contribution in [0, 0.1) is 47.3 Å². The molecule has 0 saturated carbocycles. The van der Waals surface area contributed by atoms with Crippen LogP contribution in [-0.4, -0.2) is 224 Å². The lowest BCUT2D eigenvalue weighted by molar-refractivity contribution is -1.05. The first-order chi connectivity index (χ1) is 61.0. The van der Waals surface area contributed by atoms with Crippen molar-refractivity contribution in [2.24, 2.45) is 67.3 Å². The second kappa shape index (κ2) is 48.0. The summed E-state index contributed by atoms with van der Waals surface area (Å²) >= 11 is 39.8. The number of quaternary nitrogens is 3. The normalized spacial score (nSPS) is 15.3. The summed E-state index contributed by atoms with van der Waals surface area (Å²) in [5, 5.41) is 2.53. The number of allylic oxidation sites excluding steroid dienone is 1. The van der Waals surface area contributed by atoms with Gasteiger partial charge in [0.25, 0.3) is 17.3 Å². The Morgan fingerprint density at radius 1 is 0.438 bits per heavy atom. The molecule has 10 rings (SSSR count). The average molecular weight is 1930 g/mol. The van der Waals surface area contributed by atoms with Crippen LogP contribution in [0.3, 0.4) is 0 Å². The number of benzene rings is 3. The maximum absolute atomic E-state index is 17.0. The van der Waals surface area contributed by atoms with Gasteiger partial charge in [0, 0.05) is 29.6 Å². The van der Waals surface area contributed by atoms with Crippen LogP contribution in [0.2, 0.25) is 15.1 Å². The third-order valence-corrected chi connectivity index (χ3v) is 31.8. The number of alkyl halides is 1. The summed E-state index contributed by atoms with van der Waals surface area (Å²) in [6.45, 7) is 63.3. The second-order valence-corrected chi connectivity index (χ2v) is 44.6. The van der Waals surface area contributed by atoms with Gasteiger partial charge in [-0.15, -0.1) is 68.3 Å². The van der Waals surface area contributed by atoms with Crippen molar-refractivity contribution in [3.8, 4) is 40.3 Å². The minimum absolute atomic E-state index is 0.193. The number of thioether (sulfide) groups is 4. The second-order valence-electron chi connectivity index (χ2n) is 38.5. The van der Waals surface area contributed by atoms with Crippen molar-refractivity contribution in [2.45, 2.75) is 243 Å². The molecule has 0 radical (unpaired) electrons. The van der Waals surface area contributed by atoms with E-state index in [2.05, 4.69) is 176 Å². The first kappa shape index (κ1) is 105. The van der Waals surface area contributed by atoms with E-state index in [1.165, 1.54) is 0 Å². The summed E-state index contributed by atoms with van der Waals surface area (Å²) in [6, 6.07) is 0. The molecule has 5 aromatic rings. The lowest BCUT2D eigenvalue weighted by atomic mass is 9.93. The molecular formula is C98H153Cl4FN12O9S4+4.